The fraction of sp³-hybridized carbons (Fsp3) is 0.444. The molecule has 3 heterocycles. The minimum absolute atomic E-state index is 0.144. The van der Waals surface area contributed by atoms with Gasteiger partial charge in [-0.05, 0) is 30.9 Å². The van der Waals surface area contributed by atoms with Gasteiger partial charge >= 0.3 is 0 Å². The van der Waals surface area contributed by atoms with Crippen LogP contribution < -0.4 is 10.1 Å². The molecule has 0 fully saturated rings. The SMILES string of the molecule is CC(C)CC(C)Oc1cc(CNc2ncc3c(ncn3C)n2)ccn1. The number of nitrogens with one attached hydrogen (secondary N) is 1. The molecule has 0 aliphatic heterocycles. The summed E-state index contributed by atoms with van der Waals surface area (Å²) in [5.74, 6) is 1.80. The van der Waals surface area contributed by atoms with E-state index in [-0.39, 0.29) is 6.10 Å². The van der Waals surface area contributed by atoms with Gasteiger partial charge < -0.3 is 14.6 Å². The highest BCUT2D eigenvalue weighted by Crippen LogP contribution is 2.16. The smallest absolute Gasteiger partial charge is 0.225 e. The van der Waals surface area contributed by atoms with Gasteiger partial charge in [0.15, 0.2) is 5.65 Å². The van der Waals surface area contributed by atoms with E-state index in [0.717, 1.165) is 17.5 Å². The van der Waals surface area contributed by atoms with Gasteiger partial charge in [0.1, 0.15) is 5.52 Å². The van der Waals surface area contributed by atoms with E-state index in [1.165, 1.54) is 0 Å². The van der Waals surface area contributed by atoms with Gasteiger partial charge in [-0.15, -0.1) is 0 Å². The standard InChI is InChI=1S/C18H24N6O/c1-12(2)7-13(3)25-16-8-14(5-6-19-16)9-20-18-21-10-15-17(23-18)22-11-24(15)4/h5-6,8,10-13H,7,9H2,1-4H3,(H,20,21,23). The van der Waals surface area contributed by atoms with E-state index in [1.54, 1.807) is 18.7 Å². The van der Waals surface area contributed by atoms with E-state index in [1.807, 2.05) is 23.7 Å². The average molecular weight is 340 g/mol. The lowest BCUT2D eigenvalue weighted by molar-refractivity contribution is 0.185. The molecule has 0 spiro atoms. The maximum Gasteiger partial charge on any atom is 0.225 e. The second-order valence-electron chi connectivity index (χ2n) is 6.67. The number of hydrogen-bond acceptors (Lipinski definition) is 6. The summed E-state index contributed by atoms with van der Waals surface area (Å²) in [6, 6.07) is 3.90. The third-order valence-corrected chi connectivity index (χ3v) is 3.86. The van der Waals surface area contributed by atoms with E-state index in [4.69, 9.17) is 4.74 Å². The molecule has 0 bridgehead atoms. The second kappa shape index (κ2) is 7.46. The third kappa shape index (κ3) is 4.43. The van der Waals surface area contributed by atoms with Gasteiger partial charge in [-0.2, -0.15) is 4.98 Å². The molecule has 0 saturated heterocycles. The highest BCUT2D eigenvalue weighted by atomic mass is 16.5. The molecule has 0 saturated carbocycles. The molecule has 7 heteroatoms. The zero-order valence-corrected chi connectivity index (χ0v) is 15.1. The van der Waals surface area contributed by atoms with E-state index in [2.05, 4.69) is 46.0 Å². The van der Waals surface area contributed by atoms with Gasteiger partial charge in [0.2, 0.25) is 11.8 Å². The van der Waals surface area contributed by atoms with E-state index in [0.29, 0.717) is 29.9 Å². The molecule has 0 aliphatic carbocycles. The number of imidazole rings is 1. The number of rotatable bonds is 7. The van der Waals surface area contributed by atoms with Gasteiger partial charge in [0.25, 0.3) is 0 Å². The van der Waals surface area contributed by atoms with Crippen LogP contribution in [-0.4, -0.2) is 30.6 Å². The molecule has 0 radical (unpaired) electrons. The van der Waals surface area contributed by atoms with Crippen molar-refractivity contribution in [2.45, 2.75) is 39.8 Å². The van der Waals surface area contributed by atoms with Crippen LogP contribution >= 0.6 is 0 Å². The van der Waals surface area contributed by atoms with Crippen molar-refractivity contribution in [3.05, 3.63) is 36.4 Å². The molecule has 132 valence electrons. The van der Waals surface area contributed by atoms with Crippen molar-refractivity contribution in [1.82, 2.24) is 24.5 Å². The van der Waals surface area contributed by atoms with E-state index < -0.39 is 0 Å². The Morgan fingerprint density at radius 2 is 2.04 bits per heavy atom. The van der Waals surface area contributed by atoms with Crippen LogP contribution in [0.4, 0.5) is 5.95 Å². The summed E-state index contributed by atoms with van der Waals surface area (Å²) in [6.45, 7) is 7.04. The molecule has 3 aromatic heterocycles. The van der Waals surface area contributed by atoms with Gasteiger partial charge in [-0.3, -0.25) is 0 Å². The number of pyridine rings is 1. The number of nitrogens with zero attached hydrogens (tertiary/aromatic N) is 5. The minimum atomic E-state index is 0.144. The van der Waals surface area contributed by atoms with Crippen molar-refractivity contribution in [2.75, 3.05) is 5.32 Å². The Morgan fingerprint density at radius 3 is 2.84 bits per heavy atom. The Labute approximate surface area is 147 Å². The molecule has 25 heavy (non-hydrogen) atoms. The zero-order chi connectivity index (χ0) is 17.8. The maximum absolute atomic E-state index is 5.90. The first-order chi connectivity index (χ1) is 12.0. The van der Waals surface area contributed by atoms with Gasteiger partial charge in [0, 0.05) is 25.9 Å². The Kier molecular flexibility index (Phi) is 5.11. The van der Waals surface area contributed by atoms with Crippen molar-refractivity contribution in [2.24, 2.45) is 13.0 Å². The normalized spacial score (nSPS) is 12.5. The molecule has 1 N–H and O–H groups in total. The van der Waals surface area contributed by atoms with Crippen molar-refractivity contribution in [1.29, 1.82) is 0 Å². The second-order valence-corrected chi connectivity index (χ2v) is 6.67. The Balaban J connectivity index is 1.63. The summed E-state index contributed by atoms with van der Waals surface area (Å²) < 4.78 is 7.79. The summed E-state index contributed by atoms with van der Waals surface area (Å²) in [5, 5.41) is 3.22. The van der Waals surface area contributed by atoms with Crippen LogP contribution in [-0.2, 0) is 13.6 Å². The number of fused-ring (bicyclic) bond motifs is 1. The van der Waals surface area contributed by atoms with Crippen molar-refractivity contribution in [3.63, 3.8) is 0 Å². The number of aromatic nitrogens is 5. The molecule has 7 nitrogen and oxygen atoms in total. The van der Waals surface area contributed by atoms with Crippen LogP contribution in [0, 0.1) is 5.92 Å². The van der Waals surface area contributed by atoms with E-state index >= 15 is 0 Å². The Morgan fingerprint density at radius 1 is 1.20 bits per heavy atom. The molecule has 3 rings (SSSR count). The summed E-state index contributed by atoms with van der Waals surface area (Å²) >= 11 is 0. The summed E-state index contributed by atoms with van der Waals surface area (Å²) in [6.07, 6.45) is 6.41. The van der Waals surface area contributed by atoms with Gasteiger partial charge in [-0.25, -0.2) is 15.0 Å². The minimum Gasteiger partial charge on any atom is -0.475 e. The fourth-order valence-corrected chi connectivity index (χ4v) is 2.72. The first kappa shape index (κ1) is 17.1. The van der Waals surface area contributed by atoms with Gasteiger partial charge in [0.05, 0.1) is 18.6 Å². The van der Waals surface area contributed by atoms with Crippen molar-refractivity contribution >= 4 is 17.1 Å². The maximum atomic E-state index is 5.90. The van der Waals surface area contributed by atoms with Crippen LogP contribution in [0.15, 0.2) is 30.9 Å². The predicted octanol–water partition coefficient (Wildman–Crippen LogP) is 3.18. The fourth-order valence-electron chi connectivity index (χ4n) is 2.72. The largest absolute Gasteiger partial charge is 0.475 e. The van der Waals surface area contributed by atoms with Crippen LogP contribution in [0.1, 0.15) is 32.8 Å². The molecular weight excluding hydrogens is 316 g/mol. The molecule has 0 aromatic carbocycles. The molecular formula is C18H24N6O. The Bertz CT molecular complexity index is 844. The van der Waals surface area contributed by atoms with Gasteiger partial charge in [-0.1, -0.05) is 13.8 Å². The van der Waals surface area contributed by atoms with Crippen molar-refractivity contribution in [3.8, 4) is 5.88 Å². The number of ether oxygens (including phenoxy) is 1. The third-order valence-electron chi connectivity index (χ3n) is 3.86. The molecule has 1 unspecified atom stereocenters. The van der Waals surface area contributed by atoms with Crippen LogP contribution in [0.2, 0.25) is 0 Å². The summed E-state index contributed by atoms with van der Waals surface area (Å²) in [4.78, 5) is 17.3. The number of anilines is 1. The first-order valence-corrected chi connectivity index (χ1v) is 8.51. The summed E-state index contributed by atoms with van der Waals surface area (Å²) in [5.41, 5.74) is 2.65. The van der Waals surface area contributed by atoms with Crippen LogP contribution in [0.25, 0.3) is 11.2 Å². The number of hydrogen-bond donors (Lipinski definition) is 1. The zero-order valence-electron chi connectivity index (χ0n) is 15.1. The topological polar surface area (TPSA) is 77.8 Å². The molecule has 0 amide bonds. The quantitative estimate of drug-likeness (QED) is 0.712. The lowest BCUT2D eigenvalue weighted by Crippen LogP contribution is -2.15. The molecule has 3 aromatic rings. The number of aryl methyl sites for hydroxylation is 1. The van der Waals surface area contributed by atoms with E-state index in [9.17, 15) is 0 Å². The summed E-state index contributed by atoms with van der Waals surface area (Å²) in [7, 11) is 1.92. The van der Waals surface area contributed by atoms with Crippen LogP contribution in [0.5, 0.6) is 5.88 Å². The lowest BCUT2D eigenvalue weighted by atomic mass is 10.1. The highest BCUT2D eigenvalue weighted by Gasteiger charge is 2.09. The highest BCUT2D eigenvalue weighted by molar-refractivity contribution is 5.70. The predicted molar refractivity (Wildman–Crippen MR) is 97.4 cm³/mol. The monoisotopic (exact) mass is 340 g/mol. The first-order valence-electron chi connectivity index (χ1n) is 8.51. The van der Waals surface area contributed by atoms with Crippen molar-refractivity contribution < 1.29 is 4.74 Å². The average Bonchev–Trinajstić information content (AvgIpc) is 2.93. The molecule has 1 atom stereocenters. The van der Waals surface area contributed by atoms with Crippen LogP contribution in [0.3, 0.4) is 0 Å². The lowest BCUT2D eigenvalue weighted by Gasteiger charge is -2.16. The molecule has 0 aliphatic rings. The Hall–Kier alpha value is -2.70.